The fourth-order valence-electron chi connectivity index (χ4n) is 11.6. The second-order valence-corrected chi connectivity index (χ2v) is 22.4. The van der Waals surface area contributed by atoms with E-state index in [-0.39, 0.29) is 73.2 Å². The molecule has 1 aliphatic carbocycles. The van der Waals surface area contributed by atoms with Gasteiger partial charge in [0.1, 0.15) is 5.82 Å². The summed E-state index contributed by atoms with van der Waals surface area (Å²) in [6.07, 6.45) is 5.46. The number of imidazole rings is 1. The van der Waals surface area contributed by atoms with Crippen LogP contribution in [-0.2, 0) is 31.9 Å². The van der Waals surface area contributed by atoms with E-state index in [9.17, 15) is 5.48 Å². The van der Waals surface area contributed by atoms with Crippen LogP contribution in [0.15, 0.2) is 236 Å². The fraction of sp³-hybridized carbons (Fsp3) is 0.118. The molecule has 0 radical (unpaired) electrons. The molecule has 0 spiro atoms. The number of para-hydroxylation sites is 1. The van der Waals surface area contributed by atoms with Gasteiger partial charge in [-0.3, -0.25) is 4.57 Å². The molecule has 0 saturated heterocycles. The van der Waals surface area contributed by atoms with Crippen molar-refractivity contribution in [2.75, 3.05) is 0 Å². The molecule has 0 bridgehead atoms. The molecule has 82 heavy (non-hydrogen) atoms. The Bertz CT molecular complexity index is 5020. The molecule has 6 heteroatoms. The zero-order valence-electron chi connectivity index (χ0n) is 56.3. The number of benzene rings is 10. The van der Waals surface area contributed by atoms with Crippen LogP contribution in [0.4, 0.5) is 0 Å². The van der Waals surface area contributed by atoms with Gasteiger partial charge in [-0.15, -0.1) is 29.7 Å². The molecule has 0 amide bonds. The quantitative estimate of drug-likeness (QED) is 0.107. The molecule has 3 heterocycles. The Morgan fingerprint density at radius 2 is 1.18 bits per heavy atom. The number of hydrogen-bond acceptors (Lipinski definition) is 2. The Kier molecular flexibility index (Phi) is 11.1. The summed E-state index contributed by atoms with van der Waals surface area (Å²) in [5.41, 5.74) is 12.9. The van der Waals surface area contributed by atoms with E-state index in [2.05, 4.69) is 156 Å². The van der Waals surface area contributed by atoms with Gasteiger partial charge in [-0.25, -0.2) is 4.98 Å². The van der Waals surface area contributed by atoms with Crippen molar-refractivity contribution in [3.63, 3.8) is 0 Å². The number of rotatable bonds is 9. The molecular formula is C76H61N4OPt+. The zero-order chi connectivity index (χ0) is 63.0. The molecule has 5 nitrogen and oxygen atoms in total. The summed E-state index contributed by atoms with van der Waals surface area (Å²) in [7, 11) is 0. The Labute approximate surface area is 510 Å². The van der Waals surface area contributed by atoms with Crippen molar-refractivity contribution >= 4 is 32.8 Å². The number of nitrogens with zero attached hydrogens (tertiary/aromatic N) is 4. The molecule has 13 aromatic rings. The molecule has 3 aromatic heterocycles. The van der Waals surface area contributed by atoms with Gasteiger partial charge < -0.3 is 21.3 Å². The summed E-state index contributed by atoms with van der Waals surface area (Å²) in [5, 5.41) is 1.98. The average Bonchev–Trinajstić information content (AvgIpc) is 1.49. The second kappa shape index (κ2) is 21.2. The van der Waals surface area contributed by atoms with Gasteiger partial charge in [0.05, 0.1) is 30.4 Å². The zero-order valence-corrected chi connectivity index (χ0v) is 48.6. The van der Waals surface area contributed by atoms with E-state index < -0.39 is 60.4 Å². The molecule has 10 aromatic carbocycles. The van der Waals surface area contributed by atoms with Crippen LogP contribution >= 0.6 is 0 Å². The largest absolute Gasteiger partial charge is 4.00 e. The van der Waals surface area contributed by atoms with E-state index in [0.29, 0.717) is 28.2 Å². The van der Waals surface area contributed by atoms with Crippen LogP contribution in [0.3, 0.4) is 0 Å². The van der Waals surface area contributed by atoms with E-state index in [1.165, 1.54) is 5.56 Å². The van der Waals surface area contributed by atoms with Gasteiger partial charge in [-0.05, 0) is 125 Å². The minimum atomic E-state index is -0.581. The van der Waals surface area contributed by atoms with E-state index in [4.69, 9.17) is 17.9 Å². The molecule has 0 aliphatic heterocycles. The number of pyridine rings is 1. The van der Waals surface area contributed by atoms with E-state index >= 15 is 0 Å². The Morgan fingerprint density at radius 1 is 0.537 bits per heavy atom. The molecular weight excluding hydrogens is 1180 g/mol. The first-order valence-electron chi connectivity index (χ1n) is 31.8. The SMILES string of the molecule is [2H]c1c([2H])c([2H])c(-c2cccc(-c3c([2H])c([2H])c([2H])c([2H])c3[2H])c2-[n+]2[c-]n(-c3[c-]c(Oc4[c-]c5c(cc4)c4ccc(-c6ccccc6C(C)(C)C)cc4n5-c4cc(C(C)(C)C)ccn4)ccc3)c3cc4c(cc32)-c2ccccc2C4c2ccccc2)c([2H])c1[2H].[CH3-].[Pt+4]. The third-order valence-electron chi connectivity index (χ3n) is 15.4. The Hall–Kier alpha value is -8.89. The summed E-state index contributed by atoms with van der Waals surface area (Å²) in [4.78, 5) is 5.00. The van der Waals surface area contributed by atoms with Gasteiger partial charge in [-0.1, -0.05) is 217 Å². The van der Waals surface area contributed by atoms with Crippen molar-refractivity contribution in [3.05, 3.63) is 290 Å². The van der Waals surface area contributed by atoms with Gasteiger partial charge in [0.2, 0.25) is 0 Å². The summed E-state index contributed by atoms with van der Waals surface area (Å²) >= 11 is 0. The predicted molar refractivity (Wildman–Crippen MR) is 333 cm³/mol. The van der Waals surface area contributed by atoms with Crippen molar-refractivity contribution in [3.8, 4) is 73.2 Å². The normalized spacial score (nSPS) is 14.6. The topological polar surface area (TPSA) is 35.9 Å². The van der Waals surface area contributed by atoms with E-state index in [0.717, 1.165) is 72.1 Å². The number of aromatic nitrogens is 4. The average molecular weight is 1250 g/mol. The van der Waals surface area contributed by atoms with Gasteiger partial charge >= 0.3 is 21.1 Å². The molecule has 400 valence electrons. The fourth-order valence-corrected chi connectivity index (χ4v) is 11.6. The van der Waals surface area contributed by atoms with Crippen LogP contribution in [0.1, 0.15) is 89.0 Å². The van der Waals surface area contributed by atoms with Crippen molar-refractivity contribution in [1.82, 2.24) is 14.1 Å². The molecule has 0 N–H and O–H groups in total. The Balaban J connectivity index is 0.00000408. The number of ether oxygens (including phenoxy) is 1. The van der Waals surface area contributed by atoms with Gasteiger partial charge in [0, 0.05) is 29.1 Å². The Morgan fingerprint density at radius 3 is 1.90 bits per heavy atom. The minimum absolute atomic E-state index is 0. The molecule has 14 rings (SSSR count). The summed E-state index contributed by atoms with van der Waals surface area (Å²) < 4.78 is 102. The summed E-state index contributed by atoms with van der Waals surface area (Å²) in [5.74, 6) is 1.31. The maximum absolute atomic E-state index is 9.34. The van der Waals surface area contributed by atoms with Crippen LogP contribution in [-0.4, -0.2) is 14.1 Å². The third kappa shape index (κ3) is 9.37. The standard InChI is InChI=1S/C75H58N4O.CH3.Pt/c1-74(2,3)53-40-41-76-71(43-53)79-67-42-52(57-30-18-19-35-66(57)75(4,5)6)36-38-61(67)62-39-37-56(45-68(62)79)80-55-29-20-28-54(44-55)77-48-78(73-58(49-22-10-7-11-23-49)33-21-34-59(73)50-24-12-8-13-25-50)70-46-64-60-31-16-17-32-63(60)72(65(64)47-69(70)77)51-26-14-9-15-27-51;;/h7-43,46-47,72H,1-6H3;1H3;/q-2;-1;+4/i7D,8D,10D,11D,12D,13D,22D,23D,24D,25D;;. The van der Waals surface area contributed by atoms with Crippen LogP contribution in [0.2, 0.25) is 0 Å². The molecule has 1 unspecified atom stereocenters. The second-order valence-electron chi connectivity index (χ2n) is 22.4. The first-order valence-corrected chi connectivity index (χ1v) is 26.8. The molecule has 1 aliphatic rings. The van der Waals surface area contributed by atoms with Crippen LogP contribution in [0.5, 0.6) is 11.5 Å². The maximum Gasteiger partial charge on any atom is 4.00 e. The van der Waals surface area contributed by atoms with Gasteiger partial charge in [0.25, 0.3) is 6.33 Å². The minimum Gasteiger partial charge on any atom is -0.510 e. The monoisotopic (exact) mass is 1250 g/mol. The molecule has 1 atom stereocenters. The predicted octanol–water partition coefficient (Wildman–Crippen LogP) is 18.8. The van der Waals surface area contributed by atoms with Crippen LogP contribution < -0.4 is 9.30 Å². The van der Waals surface area contributed by atoms with Gasteiger partial charge in [-0.2, -0.15) is 18.2 Å². The van der Waals surface area contributed by atoms with E-state index in [1.807, 2.05) is 71.4 Å². The van der Waals surface area contributed by atoms with Crippen molar-refractivity contribution < 1.29 is 44.1 Å². The van der Waals surface area contributed by atoms with E-state index in [1.54, 1.807) is 22.8 Å². The number of fused-ring (bicyclic) bond motifs is 7. The first-order chi connectivity index (χ1) is 43.1. The first kappa shape index (κ1) is 42.9. The van der Waals surface area contributed by atoms with Crippen LogP contribution in [0, 0.1) is 25.9 Å². The van der Waals surface area contributed by atoms with Crippen molar-refractivity contribution in [1.29, 1.82) is 0 Å². The molecule has 0 saturated carbocycles. The van der Waals surface area contributed by atoms with Crippen molar-refractivity contribution in [2.45, 2.75) is 58.3 Å². The van der Waals surface area contributed by atoms with Crippen LogP contribution in [0.25, 0.3) is 94.5 Å². The summed E-state index contributed by atoms with van der Waals surface area (Å²) in [6.45, 7) is 13.3. The third-order valence-corrected chi connectivity index (χ3v) is 15.4. The molecule has 0 fully saturated rings. The number of hydrogen-bond donors (Lipinski definition) is 0. The van der Waals surface area contributed by atoms with Crippen molar-refractivity contribution in [2.24, 2.45) is 0 Å². The van der Waals surface area contributed by atoms with Gasteiger partial charge in [0.15, 0.2) is 0 Å². The maximum atomic E-state index is 9.34. The summed E-state index contributed by atoms with van der Waals surface area (Å²) in [6, 6.07) is 58.2. The smallest absolute Gasteiger partial charge is 0.510 e.